The van der Waals surface area contributed by atoms with E-state index in [0.717, 1.165) is 17.6 Å². The first-order chi connectivity index (χ1) is 8.20. The summed E-state index contributed by atoms with van der Waals surface area (Å²) in [5, 5.41) is 8.83. The molecular formula is C12H14N2O3. The summed E-state index contributed by atoms with van der Waals surface area (Å²) in [5.74, 6) is 0.581. The fourth-order valence-corrected chi connectivity index (χ4v) is 1.80. The normalized spacial score (nSPS) is 15.4. The van der Waals surface area contributed by atoms with Crippen LogP contribution >= 0.6 is 0 Å². The molecule has 0 fully saturated rings. The molecule has 0 bridgehead atoms. The minimum absolute atomic E-state index is 0.441. The largest absolute Gasteiger partial charge is 0.481 e. The number of ether oxygens (including phenoxy) is 1. The van der Waals surface area contributed by atoms with Crippen LogP contribution in [0, 0.1) is 0 Å². The molecular weight excluding hydrogens is 220 g/mol. The van der Waals surface area contributed by atoms with E-state index in [0.29, 0.717) is 19.0 Å². The van der Waals surface area contributed by atoms with Gasteiger partial charge in [0.25, 0.3) is 0 Å². The number of pyridine rings is 1. The van der Waals surface area contributed by atoms with E-state index in [9.17, 15) is 4.79 Å². The number of aromatic nitrogens is 1. The number of amides is 1. The van der Waals surface area contributed by atoms with Crippen LogP contribution in [-0.2, 0) is 0 Å². The summed E-state index contributed by atoms with van der Waals surface area (Å²) in [7, 11) is 1.58. The van der Waals surface area contributed by atoms with Crippen molar-refractivity contribution in [1.29, 1.82) is 0 Å². The lowest BCUT2D eigenvalue weighted by Crippen LogP contribution is -2.33. The van der Waals surface area contributed by atoms with E-state index in [1.54, 1.807) is 19.4 Å². The molecule has 2 rings (SSSR count). The maximum Gasteiger partial charge on any atom is 0.407 e. The molecule has 0 saturated carbocycles. The Hall–Kier alpha value is -2.04. The number of methoxy groups -OCH3 is 1. The molecule has 0 aromatic carbocycles. The minimum Gasteiger partial charge on any atom is -0.481 e. The van der Waals surface area contributed by atoms with Gasteiger partial charge in [-0.1, -0.05) is 6.08 Å². The number of carbonyl (C=O) groups is 1. The van der Waals surface area contributed by atoms with Crippen molar-refractivity contribution in [2.75, 3.05) is 20.2 Å². The van der Waals surface area contributed by atoms with E-state index in [1.807, 2.05) is 12.1 Å². The van der Waals surface area contributed by atoms with Gasteiger partial charge >= 0.3 is 6.09 Å². The van der Waals surface area contributed by atoms with Gasteiger partial charge in [-0.2, -0.15) is 0 Å². The van der Waals surface area contributed by atoms with Crippen LogP contribution in [0.4, 0.5) is 4.79 Å². The molecule has 0 unspecified atom stereocenters. The Bertz CT molecular complexity index is 440. The summed E-state index contributed by atoms with van der Waals surface area (Å²) in [6, 6.07) is 3.74. The smallest absolute Gasteiger partial charge is 0.407 e. The van der Waals surface area contributed by atoms with E-state index in [-0.39, 0.29) is 0 Å². The highest BCUT2D eigenvalue weighted by atomic mass is 16.5. The maximum atomic E-state index is 10.7. The van der Waals surface area contributed by atoms with Crippen molar-refractivity contribution in [3.05, 3.63) is 30.0 Å². The Morgan fingerprint density at radius 1 is 1.53 bits per heavy atom. The van der Waals surface area contributed by atoms with Crippen LogP contribution in [0.5, 0.6) is 5.88 Å². The average molecular weight is 234 g/mol. The Morgan fingerprint density at radius 3 is 2.82 bits per heavy atom. The third kappa shape index (κ3) is 2.55. The van der Waals surface area contributed by atoms with Gasteiger partial charge in [-0.25, -0.2) is 9.78 Å². The number of nitrogens with zero attached hydrogens (tertiary/aromatic N) is 2. The zero-order valence-electron chi connectivity index (χ0n) is 9.59. The number of carboxylic acid groups (broad SMARTS) is 1. The summed E-state index contributed by atoms with van der Waals surface area (Å²) < 4.78 is 4.99. The van der Waals surface area contributed by atoms with E-state index in [4.69, 9.17) is 9.84 Å². The highest BCUT2D eigenvalue weighted by Gasteiger charge is 2.16. The standard InChI is InChI=1S/C12H14N2O3/c1-17-11-3-2-10(8-13-11)9-4-6-14(7-5-9)12(15)16/h2-4,8H,5-7H2,1H3,(H,15,16). The van der Waals surface area contributed by atoms with Gasteiger partial charge in [-0.05, 0) is 23.6 Å². The van der Waals surface area contributed by atoms with Crippen LogP contribution in [0.25, 0.3) is 5.57 Å². The zero-order valence-corrected chi connectivity index (χ0v) is 9.59. The first-order valence-corrected chi connectivity index (χ1v) is 5.38. The molecule has 90 valence electrons. The van der Waals surface area contributed by atoms with Crippen LogP contribution in [0.15, 0.2) is 24.4 Å². The number of hydrogen-bond acceptors (Lipinski definition) is 3. The van der Waals surface area contributed by atoms with Crippen molar-refractivity contribution >= 4 is 11.7 Å². The predicted molar refractivity (Wildman–Crippen MR) is 63.0 cm³/mol. The third-order valence-electron chi connectivity index (χ3n) is 2.80. The molecule has 1 N–H and O–H groups in total. The Balaban J connectivity index is 2.10. The molecule has 0 atom stereocenters. The van der Waals surface area contributed by atoms with Gasteiger partial charge in [0.05, 0.1) is 7.11 Å². The molecule has 17 heavy (non-hydrogen) atoms. The number of rotatable bonds is 2. The van der Waals surface area contributed by atoms with Gasteiger partial charge in [0, 0.05) is 25.4 Å². The van der Waals surface area contributed by atoms with E-state index >= 15 is 0 Å². The van der Waals surface area contributed by atoms with Gasteiger partial charge in [-0.3, -0.25) is 0 Å². The predicted octanol–water partition coefficient (Wildman–Crippen LogP) is 1.86. The molecule has 0 aliphatic carbocycles. The summed E-state index contributed by atoms with van der Waals surface area (Å²) in [6.07, 6.45) is 3.54. The fraction of sp³-hybridized carbons (Fsp3) is 0.333. The van der Waals surface area contributed by atoms with Crippen molar-refractivity contribution in [2.45, 2.75) is 6.42 Å². The summed E-state index contributed by atoms with van der Waals surface area (Å²) in [5.41, 5.74) is 2.16. The van der Waals surface area contributed by atoms with Crippen LogP contribution in [0.1, 0.15) is 12.0 Å². The third-order valence-corrected chi connectivity index (χ3v) is 2.80. The van der Waals surface area contributed by atoms with Gasteiger partial charge in [0.15, 0.2) is 0 Å². The van der Waals surface area contributed by atoms with E-state index in [1.165, 1.54) is 4.90 Å². The molecule has 2 heterocycles. The molecule has 1 aromatic heterocycles. The molecule has 1 aliphatic heterocycles. The Morgan fingerprint density at radius 2 is 2.35 bits per heavy atom. The second kappa shape index (κ2) is 4.86. The lowest BCUT2D eigenvalue weighted by atomic mass is 10.0. The highest BCUT2D eigenvalue weighted by molar-refractivity contribution is 5.71. The first kappa shape index (κ1) is 11.4. The zero-order chi connectivity index (χ0) is 12.3. The maximum absolute atomic E-state index is 10.7. The molecule has 5 nitrogen and oxygen atoms in total. The molecule has 1 amide bonds. The molecule has 0 radical (unpaired) electrons. The molecule has 5 heteroatoms. The number of hydrogen-bond donors (Lipinski definition) is 1. The second-order valence-corrected chi connectivity index (χ2v) is 3.80. The van der Waals surface area contributed by atoms with Crippen molar-refractivity contribution in [2.24, 2.45) is 0 Å². The first-order valence-electron chi connectivity index (χ1n) is 5.38. The van der Waals surface area contributed by atoms with Crippen molar-refractivity contribution in [1.82, 2.24) is 9.88 Å². The van der Waals surface area contributed by atoms with Crippen LogP contribution < -0.4 is 4.74 Å². The topological polar surface area (TPSA) is 62.7 Å². The average Bonchev–Trinajstić information content (AvgIpc) is 2.39. The monoisotopic (exact) mass is 234 g/mol. The van der Waals surface area contributed by atoms with Gasteiger partial charge < -0.3 is 14.7 Å². The fourth-order valence-electron chi connectivity index (χ4n) is 1.80. The lowest BCUT2D eigenvalue weighted by Gasteiger charge is -2.23. The van der Waals surface area contributed by atoms with Crippen LogP contribution in [0.3, 0.4) is 0 Å². The molecule has 0 spiro atoms. The Labute approximate surface area is 99.3 Å². The summed E-state index contributed by atoms with van der Waals surface area (Å²) in [6.45, 7) is 0.976. The van der Waals surface area contributed by atoms with Crippen molar-refractivity contribution in [3.8, 4) is 5.88 Å². The van der Waals surface area contributed by atoms with Gasteiger partial charge in [-0.15, -0.1) is 0 Å². The summed E-state index contributed by atoms with van der Waals surface area (Å²) >= 11 is 0. The Kier molecular flexibility index (Phi) is 3.27. The van der Waals surface area contributed by atoms with E-state index in [2.05, 4.69) is 4.98 Å². The molecule has 1 aromatic rings. The second-order valence-electron chi connectivity index (χ2n) is 3.80. The van der Waals surface area contributed by atoms with Crippen molar-refractivity contribution < 1.29 is 14.6 Å². The summed E-state index contributed by atoms with van der Waals surface area (Å²) in [4.78, 5) is 16.3. The minimum atomic E-state index is -0.867. The van der Waals surface area contributed by atoms with Crippen LogP contribution in [-0.4, -0.2) is 41.3 Å². The van der Waals surface area contributed by atoms with Gasteiger partial charge in [0.1, 0.15) is 0 Å². The lowest BCUT2D eigenvalue weighted by molar-refractivity contribution is 0.150. The molecule has 0 saturated heterocycles. The van der Waals surface area contributed by atoms with E-state index < -0.39 is 6.09 Å². The quantitative estimate of drug-likeness (QED) is 0.848. The van der Waals surface area contributed by atoms with Crippen molar-refractivity contribution in [3.63, 3.8) is 0 Å². The van der Waals surface area contributed by atoms with Crippen LogP contribution in [0.2, 0.25) is 0 Å². The molecule has 1 aliphatic rings. The van der Waals surface area contributed by atoms with Gasteiger partial charge in [0.2, 0.25) is 5.88 Å². The highest BCUT2D eigenvalue weighted by Crippen LogP contribution is 2.22. The SMILES string of the molecule is COc1ccc(C2=CCN(C(=O)O)CC2)cn1.